The van der Waals surface area contributed by atoms with E-state index in [0.29, 0.717) is 11.4 Å². The second-order valence-corrected chi connectivity index (χ2v) is 13.0. The van der Waals surface area contributed by atoms with Crippen LogP contribution in [-0.4, -0.2) is 109 Å². The van der Waals surface area contributed by atoms with Gasteiger partial charge in [0.2, 0.25) is 23.6 Å². The summed E-state index contributed by atoms with van der Waals surface area (Å²) in [6, 6.07) is 9.09. The van der Waals surface area contributed by atoms with E-state index in [0.717, 1.165) is 51.9 Å². The molecular formula is C36H40F6N6O10. The maximum atomic E-state index is 13.3. The molecule has 2 fully saturated rings. The van der Waals surface area contributed by atoms with E-state index in [1.807, 2.05) is 0 Å². The predicted octanol–water partition coefficient (Wildman–Crippen LogP) is 2.62. The van der Waals surface area contributed by atoms with Crippen LogP contribution in [0.15, 0.2) is 36.4 Å². The Morgan fingerprint density at radius 3 is 1.17 bits per heavy atom. The van der Waals surface area contributed by atoms with Crippen molar-refractivity contribution in [2.75, 3.05) is 49.9 Å². The summed E-state index contributed by atoms with van der Waals surface area (Å²) in [6.45, 7) is 3.64. The monoisotopic (exact) mass is 830 g/mol. The minimum Gasteiger partial charge on any atom is -0.475 e. The summed E-state index contributed by atoms with van der Waals surface area (Å²) in [5, 5.41) is 31.8. The maximum Gasteiger partial charge on any atom is 0.490 e. The Bertz CT molecular complexity index is 1740. The Morgan fingerprint density at radius 1 is 0.569 bits per heavy atom. The van der Waals surface area contributed by atoms with E-state index in [4.69, 9.17) is 19.8 Å². The van der Waals surface area contributed by atoms with E-state index >= 15 is 0 Å². The maximum absolute atomic E-state index is 13.3. The molecule has 58 heavy (non-hydrogen) atoms. The van der Waals surface area contributed by atoms with Crippen molar-refractivity contribution >= 4 is 58.5 Å². The number of carbonyl (C=O) groups excluding carboxylic acids is 6. The van der Waals surface area contributed by atoms with Crippen LogP contribution >= 0.6 is 0 Å². The topological polar surface area (TPSA) is 249 Å². The van der Waals surface area contributed by atoms with Crippen LogP contribution in [0, 0.1) is 11.8 Å². The predicted molar refractivity (Wildman–Crippen MR) is 191 cm³/mol. The lowest BCUT2D eigenvalue weighted by Gasteiger charge is -2.21. The highest BCUT2D eigenvalue weighted by Crippen LogP contribution is 2.31. The minimum absolute atomic E-state index is 0.0399. The average Bonchev–Trinajstić information content (AvgIpc) is 3.17. The molecule has 2 saturated heterocycles. The first-order valence-corrected chi connectivity index (χ1v) is 17.7. The molecule has 5 rings (SSSR count). The molecule has 3 aliphatic rings. The molecule has 1 aliphatic carbocycles. The van der Waals surface area contributed by atoms with E-state index < -0.39 is 24.3 Å². The molecule has 2 aromatic carbocycles. The summed E-state index contributed by atoms with van der Waals surface area (Å²) in [4.78, 5) is 94.0. The second kappa shape index (κ2) is 21.0. The highest BCUT2D eigenvalue weighted by atomic mass is 19.4. The van der Waals surface area contributed by atoms with Crippen molar-refractivity contribution in [3.8, 4) is 0 Å². The van der Waals surface area contributed by atoms with E-state index in [1.165, 1.54) is 24.3 Å². The highest BCUT2D eigenvalue weighted by Gasteiger charge is 2.39. The average molecular weight is 831 g/mol. The molecular weight excluding hydrogens is 790 g/mol. The Hall–Kier alpha value is -5.90. The number of nitrogens with one attached hydrogen (secondary N) is 6. The first-order valence-electron chi connectivity index (χ1n) is 17.7. The number of aliphatic carboxylic acids is 2. The van der Waals surface area contributed by atoms with Gasteiger partial charge in [0.15, 0.2) is 11.6 Å². The largest absolute Gasteiger partial charge is 0.490 e. The number of rotatable bonds is 10. The molecule has 2 heterocycles. The lowest BCUT2D eigenvalue weighted by Crippen LogP contribution is -2.39. The molecule has 8 N–H and O–H groups in total. The number of carboxylic acids is 2. The zero-order valence-electron chi connectivity index (χ0n) is 30.5. The summed E-state index contributed by atoms with van der Waals surface area (Å²) in [7, 11) is 0. The van der Waals surface area contributed by atoms with Crippen LogP contribution in [0.5, 0.6) is 0 Å². The fourth-order valence-corrected chi connectivity index (χ4v) is 5.81. The Balaban J connectivity index is 0.000000550. The van der Waals surface area contributed by atoms with Gasteiger partial charge in [-0.25, -0.2) is 9.59 Å². The number of hydrogen-bond donors (Lipinski definition) is 8. The van der Waals surface area contributed by atoms with E-state index in [1.54, 1.807) is 12.1 Å². The van der Waals surface area contributed by atoms with Gasteiger partial charge >= 0.3 is 24.3 Å². The molecule has 0 atom stereocenters. The number of alkyl halides is 6. The van der Waals surface area contributed by atoms with Gasteiger partial charge in [0.25, 0.3) is 0 Å². The van der Waals surface area contributed by atoms with Gasteiger partial charge in [-0.2, -0.15) is 26.3 Å². The summed E-state index contributed by atoms with van der Waals surface area (Å²) in [6.07, 6.45) is -6.92. The number of fused-ring (bicyclic) bond motifs is 2. The molecule has 316 valence electrons. The zero-order valence-corrected chi connectivity index (χ0v) is 30.5. The van der Waals surface area contributed by atoms with Crippen molar-refractivity contribution in [2.24, 2.45) is 11.8 Å². The zero-order chi connectivity index (χ0) is 43.2. The molecule has 0 aromatic heterocycles. The van der Waals surface area contributed by atoms with Crippen molar-refractivity contribution in [3.63, 3.8) is 0 Å². The normalized spacial score (nSPS) is 15.5. The quantitative estimate of drug-likeness (QED) is 0.138. The van der Waals surface area contributed by atoms with Crippen LogP contribution < -0.4 is 31.9 Å². The molecule has 0 spiro atoms. The summed E-state index contributed by atoms with van der Waals surface area (Å²) in [5.41, 5.74) is 1.53. The van der Waals surface area contributed by atoms with Crippen molar-refractivity contribution in [1.29, 1.82) is 0 Å². The summed E-state index contributed by atoms with van der Waals surface area (Å²) in [5.74, 6) is -7.06. The molecule has 16 nitrogen and oxygen atoms in total. The summed E-state index contributed by atoms with van der Waals surface area (Å²) < 4.78 is 63.5. The van der Waals surface area contributed by atoms with Gasteiger partial charge in [-0.3, -0.25) is 28.8 Å². The lowest BCUT2D eigenvalue weighted by atomic mass is 9.83. The van der Waals surface area contributed by atoms with Crippen LogP contribution in [0.2, 0.25) is 0 Å². The fourth-order valence-electron chi connectivity index (χ4n) is 5.81. The summed E-state index contributed by atoms with van der Waals surface area (Å²) >= 11 is 0. The van der Waals surface area contributed by atoms with Gasteiger partial charge in [0.1, 0.15) is 0 Å². The van der Waals surface area contributed by atoms with Crippen molar-refractivity contribution < 1.29 is 74.9 Å². The van der Waals surface area contributed by atoms with Crippen molar-refractivity contribution in [3.05, 3.63) is 58.7 Å². The highest BCUT2D eigenvalue weighted by molar-refractivity contribution is 6.29. The second-order valence-electron chi connectivity index (χ2n) is 13.0. The molecule has 0 saturated carbocycles. The Kier molecular flexibility index (Phi) is 16.9. The van der Waals surface area contributed by atoms with Gasteiger partial charge < -0.3 is 42.1 Å². The van der Waals surface area contributed by atoms with Crippen LogP contribution in [0.3, 0.4) is 0 Å². The number of halogens is 6. The third kappa shape index (κ3) is 14.2. The number of benzene rings is 2. The molecule has 0 radical (unpaired) electrons. The molecule has 4 amide bonds. The van der Waals surface area contributed by atoms with Gasteiger partial charge in [-0.1, -0.05) is 0 Å². The van der Waals surface area contributed by atoms with Gasteiger partial charge in [-0.15, -0.1) is 0 Å². The number of amides is 4. The van der Waals surface area contributed by atoms with E-state index in [-0.39, 0.29) is 95.2 Å². The van der Waals surface area contributed by atoms with Crippen LogP contribution in [0.1, 0.15) is 70.4 Å². The van der Waals surface area contributed by atoms with Crippen LogP contribution in [0.4, 0.5) is 37.7 Å². The molecule has 0 unspecified atom stereocenters. The first kappa shape index (κ1) is 46.5. The Labute approximate surface area is 325 Å². The van der Waals surface area contributed by atoms with Crippen LogP contribution in [0.25, 0.3) is 0 Å². The third-order valence-corrected chi connectivity index (χ3v) is 8.79. The number of ketones is 2. The number of anilines is 2. The minimum atomic E-state index is -5.08. The SMILES string of the molecule is O=C(CCNC(=O)C1CCNCC1)Nc1ccc2c(c1)C(=O)c1ccc(NC(=O)CCNC(=O)C3CCNCC3)cc1C2=O.O=C(O)C(F)(F)F.O=C(O)C(F)(F)F. The molecule has 2 aliphatic heterocycles. The lowest BCUT2D eigenvalue weighted by molar-refractivity contribution is -0.193. The Morgan fingerprint density at radius 2 is 0.879 bits per heavy atom. The number of carboxylic acid groups (broad SMARTS) is 2. The van der Waals surface area contributed by atoms with Crippen molar-refractivity contribution in [2.45, 2.75) is 50.9 Å². The first-order chi connectivity index (χ1) is 27.2. The van der Waals surface area contributed by atoms with Gasteiger partial charge in [-0.05, 0) is 88.3 Å². The number of carbonyl (C=O) groups is 8. The number of hydrogen-bond acceptors (Lipinski definition) is 10. The molecule has 2 aromatic rings. The standard InChI is InChI=1S/C32H38N6O6.2C2HF3O2/c39-27(9-15-35-31(43)19-5-11-33-12-6-19)37-21-1-3-23-25(17-21)30(42)24-4-2-22(18-26(24)29(23)41)38-28(40)10-16-36-32(44)20-7-13-34-14-8-20;2*3-2(4,5)1(6)7/h1-4,17-20,33-34H,5-16H2,(H,35,43)(H,36,44)(H,37,39)(H,38,40);2*(H,6,7). The molecule has 22 heteroatoms. The van der Waals surface area contributed by atoms with E-state index in [9.17, 15) is 55.1 Å². The third-order valence-electron chi connectivity index (χ3n) is 8.79. The molecule has 0 bridgehead atoms. The fraction of sp³-hybridized carbons (Fsp3) is 0.444. The van der Waals surface area contributed by atoms with Gasteiger partial charge in [0.05, 0.1) is 0 Å². The van der Waals surface area contributed by atoms with E-state index in [2.05, 4.69) is 31.9 Å². The van der Waals surface area contributed by atoms with Gasteiger partial charge in [0, 0.05) is 71.4 Å². The van der Waals surface area contributed by atoms with Crippen LogP contribution in [-0.2, 0) is 28.8 Å². The van der Waals surface area contributed by atoms with Crippen molar-refractivity contribution in [1.82, 2.24) is 21.3 Å². The number of piperidine rings is 2. The smallest absolute Gasteiger partial charge is 0.475 e.